The fourth-order valence-corrected chi connectivity index (χ4v) is 5.41. The summed E-state index contributed by atoms with van der Waals surface area (Å²) >= 11 is 1.41. The molecule has 0 saturated heterocycles. The summed E-state index contributed by atoms with van der Waals surface area (Å²) in [5.74, 6) is 0.924. The number of thioether (sulfide) groups is 1. The molecule has 8 nitrogen and oxygen atoms in total. The summed E-state index contributed by atoms with van der Waals surface area (Å²) < 4.78 is 40.9. The largest absolute Gasteiger partial charge is 0.504 e. The van der Waals surface area contributed by atoms with Gasteiger partial charge in [-0.05, 0) is 41.7 Å². The van der Waals surface area contributed by atoms with E-state index >= 15 is 0 Å². The van der Waals surface area contributed by atoms with E-state index in [0.29, 0.717) is 53.5 Å². The van der Waals surface area contributed by atoms with Crippen LogP contribution in [0.1, 0.15) is 65.8 Å². The van der Waals surface area contributed by atoms with Gasteiger partial charge in [-0.1, -0.05) is 44.4 Å². The van der Waals surface area contributed by atoms with Crippen LogP contribution in [-0.2, 0) is 30.5 Å². The van der Waals surface area contributed by atoms with Crippen LogP contribution in [0.2, 0.25) is 0 Å². The lowest BCUT2D eigenvalue weighted by Gasteiger charge is -2.26. The predicted molar refractivity (Wildman–Crippen MR) is 143 cm³/mol. The highest BCUT2D eigenvalue weighted by Crippen LogP contribution is 2.36. The van der Waals surface area contributed by atoms with E-state index in [-0.39, 0.29) is 28.3 Å². The average molecular weight is 561 g/mol. The number of carbonyl (C=O) groups excluding carboxylic acids is 2. The Morgan fingerprint density at radius 2 is 2.05 bits per heavy atom. The molecule has 1 saturated carbocycles. The number of hydrogen-bond acceptors (Lipinski definition) is 5. The van der Waals surface area contributed by atoms with Gasteiger partial charge in [0.1, 0.15) is 11.4 Å². The molecule has 3 heterocycles. The molecule has 12 heteroatoms. The second kappa shape index (κ2) is 11.1. The van der Waals surface area contributed by atoms with Gasteiger partial charge in [0, 0.05) is 24.7 Å². The smallest absolute Gasteiger partial charge is 0.345 e. The maximum atomic E-state index is 13.4. The zero-order chi connectivity index (χ0) is 27.7. The molecule has 2 N–H and O–H groups in total. The highest BCUT2D eigenvalue weighted by atomic mass is 32.2. The number of fused-ring (bicyclic) bond motifs is 1. The number of benzene rings is 1. The first kappa shape index (κ1) is 27.3. The molecule has 39 heavy (non-hydrogen) atoms. The minimum absolute atomic E-state index is 0.00621. The lowest BCUT2D eigenvalue weighted by Crippen LogP contribution is -2.36. The number of aryl methyl sites for hydroxylation is 2. The summed E-state index contributed by atoms with van der Waals surface area (Å²) in [5.41, 5.74) is 3.89. The highest BCUT2D eigenvalue weighted by molar-refractivity contribution is 7.99. The van der Waals surface area contributed by atoms with Crippen LogP contribution in [0.4, 0.5) is 19.0 Å². The van der Waals surface area contributed by atoms with E-state index in [0.717, 1.165) is 30.2 Å². The number of carbonyl (C=O) groups is 2. The second-order valence-corrected chi connectivity index (χ2v) is 11.0. The number of anilines is 1. The summed E-state index contributed by atoms with van der Waals surface area (Å²) in [6, 6.07) is 5.16. The molecular formula is C27H31F3N6O2S. The van der Waals surface area contributed by atoms with Gasteiger partial charge in [-0.25, -0.2) is 4.68 Å². The molecule has 0 spiro atoms. The van der Waals surface area contributed by atoms with E-state index in [4.69, 9.17) is 5.10 Å². The normalized spacial score (nSPS) is 17.2. The molecule has 0 radical (unpaired) electrons. The standard InChI is InChI=1S/C27H31F3N6O2S/c1-3-4-18-11-17(19-13-31-36(14-19)27(28,29)30)7-8-20(18)21-12-22-24(26(38)32-21)25(33-23(37)15-39-2)35(34-22)10-9-16-5-6-16/h7-8,11,13-14,16,21H,3-6,9-10,12,15H2,1-2H3,(H,32,38)(H,33,37). The van der Waals surface area contributed by atoms with Crippen LogP contribution < -0.4 is 10.6 Å². The maximum absolute atomic E-state index is 13.4. The second-order valence-electron chi connectivity index (χ2n) is 10.1. The Hall–Kier alpha value is -3.28. The van der Waals surface area contributed by atoms with Gasteiger partial charge in [0.25, 0.3) is 5.91 Å². The molecule has 1 aromatic carbocycles. The first-order valence-corrected chi connectivity index (χ1v) is 14.5. The van der Waals surface area contributed by atoms with Crippen LogP contribution in [-0.4, -0.2) is 43.4 Å². The molecule has 1 aliphatic carbocycles. The highest BCUT2D eigenvalue weighted by Gasteiger charge is 2.35. The minimum atomic E-state index is -4.58. The number of amides is 2. The van der Waals surface area contributed by atoms with Crippen molar-refractivity contribution >= 4 is 29.4 Å². The Morgan fingerprint density at radius 3 is 2.72 bits per heavy atom. The van der Waals surface area contributed by atoms with Gasteiger partial charge >= 0.3 is 6.30 Å². The Balaban J connectivity index is 1.44. The van der Waals surface area contributed by atoms with Crippen molar-refractivity contribution in [3.8, 4) is 11.1 Å². The third kappa shape index (κ3) is 6.00. The number of alkyl halides is 3. The molecule has 1 aliphatic heterocycles. The van der Waals surface area contributed by atoms with Crippen LogP contribution in [0.15, 0.2) is 30.6 Å². The zero-order valence-electron chi connectivity index (χ0n) is 21.8. The molecule has 5 rings (SSSR count). The van der Waals surface area contributed by atoms with E-state index in [1.807, 2.05) is 25.3 Å². The summed E-state index contributed by atoms with van der Waals surface area (Å²) in [7, 11) is 0. The number of rotatable bonds is 10. The van der Waals surface area contributed by atoms with Crippen molar-refractivity contribution in [2.75, 3.05) is 17.3 Å². The van der Waals surface area contributed by atoms with Crippen molar-refractivity contribution in [1.82, 2.24) is 24.9 Å². The number of nitrogens with zero attached hydrogens (tertiary/aromatic N) is 4. The van der Waals surface area contributed by atoms with E-state index in [2.05, 4.69) is 15.7 Å². The van der Waals surface area contributed by atoms with Crippen molar-refractivity contribution in [3.63, 3.8) is 0 Å². The van der Waals surface area contributed by atoms with Crippen molar-refractivity contribution in [3.05, 3.63) is 53.0 Å². The van der Waals surface area contributed by atoms with Crippen molar-refractivity contribution in [2.45, 2.75) is 64.3 Å². The molecular weight excluding hydrogens is 529 g/mol. The monoisotopic (exact) mass is 560 g/mol. The number of nitrogens with one attached hydrogen (secondary N) is 2. The maximum Gasteiger partial charge on any atom is 0.504 e. The zero-order valence-corrected chi connectivity index (χ0v) is 22.7. The SMILES string of the molecule is CCCc1cc(-c2cnn(C(F)(F)F)c2)ccc1C1Cc2nn(CCC3CC3)c(NC(=O)CSC)c2C(=O)N1. The number of aromatic nitrogens is 4. The first-order valence-electron chi connectivity index (χ1n) is 13.1. The van der Waals surface area contributed by atoms with E-state index in [1.54, 1.807) is 10.7 Å². The molecule has 2 aromatic heterocycles. The van der Waals surface area contributed by atoms with Gasteiger partial charge in [0.05, 0.1) is 23.7 Å². The van der Waals surface area contributed by atoms with Crippen LogP contribution >= 0.6 is 11.8 Å². The predicted octanol–water partition coefficient (Wildman–Crippen LogP) is 5.30. The number of halogens is 3. The first-order chi connectivity index (χ1) is 18.7. The molecule has 1 fully saturated rings. The number of hydrogen-bond donors (Lipinski definition) is 2. The van der Waals surface area contributed by atoms with Crippen molar-refractivity contribution in [2.24, 2.45) is 5.92 Å². The van der Waals surface area contributed by atoms with Gasteiger partial charge in [0.15, 0.2) is 0 Å². The van der Waals surface area contributed by atoms with Crippen LogP contribution in [0.5, 0.6) is 0 Å². The summed E-state index contributed by atoms with van der Waals surface area (Å²) in [6.45, 7) is 2.66. The fourth-order valence-electron chi connectivity index (χ4n) is 5.08. The molecule has 3 aromatic rings. The van der Waals surface area contributed by atoms with Crippen molar-refractivity contribution < 1.29 is 22.8 Å². The van der Waals surface area contributed by atoms with E-state index < -0.39 is 6.30 Å². The third-order valence-electron chi connectivity index (χ3n) is 7.15. The lowest BCUT2D eigenvalue weighted by atomic mass is 9.89. The molecule has 1 atom stereocenters. The minimum Gasteiger partial charge on any atom is -0.345 e. The topological polar surface area (TPSA) is 93.8 Å². The van der Waals surface area contributed by atoms with Crippen LogP contribution in [0.25, 0.3) is 11.1 Å². The average Bonchev–Trinajstić information content (AvgIpc) is 3.44. The quantitative estimate of drug-likeness (QED) is 0.351. The molecule has 2 aliphatic rings. The van der Waals surface area contributed by atoms with Gasteiger partial charge in [-0.15, -0.1) is 13.2 Å². The third-order valence-corrected chi connectivity index (χ3v) is 7.70. The van der Waals surface area contributed by atoms with E-state index in [9.17, 15) is 22.8 Å². The summed E-state index contributed by atoms with van der Waals surface area (Å²) in [4.78, 5) is 25.8. The molecule has 0 bridgehead atoms. The fraction of sp³-hybridized carbons (Fsp3) is 0.481. The lowest BCUT2D eigenvalue weighted by molar-refractivity contribution is -0.212. The van der Waals surface area contributed by atoms with Gasteiger partial charge in [-0.3, -0.25) is 9.59 Å². The molecule has 208 valence electrons. The molecule has 1 unspecified atom stereocenters. The molecule has 2 amide bonds. The Kier molecular flexibility index (Phi) is 7.75. The summed E-state index contributed by atoms with van der Waals surface area (Å²) in [6.07, 6.45) is 4.76. The Morgan fingerprint density at radius 1 is 1.26 bits per heavy atom. The Labute approximate surface area is 228 Å². The van der Waals surface area contributed by atoms with Crippen molar-refractivity contribution in [1.29, 1.82) is 0 Å². The summed E-state index contributed by atoms with van der Waals surface area (Å²) in [5, 5.41) is 14.2. The van der Waals surface area contributed by atoms with E-state index in [1.165, 1.54) is 30.8 Å². The van der Waals surface area contributed by atoms with Gasteiger partial charge < -0.3 is 10.6 Å². The van der Waals surface area contributed by atoms with Crippen LogP contribution in [0.3, 0.4) is 0 Å². The Bertz CT molecular complexity index is 1380. The van der Waals surface area contributed by atoms with Crippen LogP contribution in [0, 0.1) is 5.92 Å². The van der Waals surface area contributed by atoms with Gasteiger partial charge in [-0.2, -0.15) is 26.6 Å². The van der Waals surface area contributed by atoms with Gasteiger partial charge in [0.2, 0.25) is 5.91 Å².